The fraction of sp³-hybridized carbons (Fsp3) is 0.174. The van der Waals surface area contributed by atoms with Crippen molar-refractivity contribution >= 4 is 11.7 Å². The summed E-state index contributed by atoms with van der Waals surface area (Å²) in [5.74, 6) is 1.46. The van der Waals surface area contributed by atoms with E-state index in [0.717, 1.165) is 28.1 Å². The number of aromatic nitrogens is 5. The molecule has 0 radical (unpaired) electrons. The van der Waals surface area contributed by atoms with Gasteiger partial charge in [-0.05, 0) is 24.6 Å². The number of nitrogens with one attached hydrogen (secondary N) is 1. The van der Waals surface area contributed by atoms with Crippen LogP contribution in [0.25, 0.3) is 17.2 Å². The summed E-state index contributed by atoms with van der Waals surface area (Å²) in [5.41, 5.74) is 4.35. The molecule has 0 bridgehead atoms. The molecule has 31 heavy (non-hydrogen) atoms. The normalized spacial score (nSPS) is 15.3. The Morgan fingerprint density at radius 2 is 1.97 bits per heavy atom. The summed E-state index contributed by atoms with van der Waals surface area (Å²) in [6, 6.07) is 17.5. The lowest BCUT2D eigenvalue weighted by molar-refractivity contribution is -0.116. The monoisotopic (exact) mass is 412 g/mol. The maximum atomic E-state index is 12.5. The minimum Gasteiger partial charge on any atom is -0.497 e. The zero-order valence-corrected chi connectivity index (χ0v) is 17.1. The Kier molecular flexibility index (Phi) is 4.66. The van der Waals surface area contributed by atoms with Crippen LogP contribution in [0.4, 0.5) is 5.82 Å². The molecule has 3 heterocycles. The predicted molar refractivity (Wildman–Crippen MR) is 115 cm³/mol. The van der Waals surface area contributed by atoms with Gasteiger partial charge in [0.25, 0.3) is 5.95 Å². The molecular formula is C23H20N6O2. The van der Waals surface area contributed by atoms with Crippen molar-refractivity contribution in [3.8, 4) is 23.0 Å². The Balaban J connectivity index is 1.61. The van der Waals surface area contributed by atoms with Gasteiger partial charge in [-0.2, -0.15) is 14.9 Å². The fourth-order valence-corrected chi connectivity index (χ4v) is 3.97. The Morgan fingerprint density at radius 3 is 2.77 bits per heavy atom. The molecule has 1 atom stereocenters. The van der Waals surface area contributed by atoms with Crippen molar-refractivity contribution in [2.45, 2.75) is 19.3 Å². The minimum absolute atomic E-state index is 0.0700. The van der Waals surface area contributed by atoms with E-state index in [4.69, 9.17) is 4.74 Å². The van der Waals surface area contributed by atoms with Gasteiger partial charge in [0.05, 0.1) is 24.7 Å². The number of carbonyl (C=O) groups excluding carboxylic acids is 1. The van der Waals surface area contributed by atoms with Crippen LogP contribution in [-0.4, -0.2) is 38.0 Å². The van der Waals surface area contributed by atoms with E-state index >= 15 is 0 Å². The smallest absolute Gasteiger partial charge is 0.272 e. The van der Waals surface area contributed by atoms with Crippen molar-refractivity contribution < 1.29 is 9.53 Å². The van der Waals surface area contributed by atoms with Gasteiger partial charge in [0.2, 0.25) is 5.91 Å². The van der Waals surface area contributed by atoms with Crippen LogP contribution < -0.4 is 10.1 Å². The van der Waals surface area contributed by atoms with Crippen LogP contribution in [-0.2, 0) is 4.79 Å². The molecule has 1 unspecified atom stereocenters. The highest BCUT2D eigenvalue weighted by Crippen LogP contribution is 2.39. The first-order valence-corrected chi connectivity index (χ1v) is 9.93. The standard InChI is InChI=1S/C23H20N6O2/c1-14-21-18(15-7-4-3-5-8-15)12-20(30)26-22(21)29(28-14)23-25-19(13-24-27-23)16-9-6-10-17(11-16)31-2/h3-11,13,18H,12H2,1-2H3,(H,26,30). The molecular weight excluding hydrogens is 392 g/mol. The number of anilines is 1. The van der Waals surface area contributed by atoms with Crippen molar-refractivity contribution in [1.82, 2.24) is 25.0 Å². The molecule has 4 aromatic rings. The number of hydrogen-bond donors (Lipinski definition) is 1. The van der Waals surface area contributed by atoms with E-state index in [2.05, 4.69) is 25.6 Å². The quantitative estimate of drug-likeness (QED) is 0.551. The van der Waals surface area contributed by atoms with Gasteiger partial charge in [-0.1, -0.05) is 42.5 Å². The van der Waals surface area contributed by atoms with Crippen molar-refractivity contribution in [2.75, 3.05) is 12.4 Å². The number of nitrogens with zero attached hydrogens (tertiary/aromatic N) is 5. The van der Waals surface area contributed by atoms with Crippen molar-refractivity contribution in [1.29, 1.82) is 0 Å². The molecule has 8 nitrogen and oxygen atoms in total. The highest BCUT2D eigenvalue weighted by Gasteiger charge is 2.33. The first-order chi connectivity index (χ1) is 15.1. The second-order valence-electron chi connectivity index (χ2n) is 7.35. The molecule has 0 spiro atoms. The number of benzene rings is 2. The van der Waals surface area contributed by atoms with E-state index in [1.807, 2.05) is 61.5 Å². The Labute approximate surface area is 178 Å². The highest BCUT2D eigenvalue weighted by molar-refractivity contribution is 5.95. The average molecular weight is 412 g/mol. The Hall–Kier alpha value is -4.07. The van der Waals surface area contributed by atoms with Crippen molar-refractivity contribution in [3.63, 3.8) is 0 Å². The van der Waals surface area contributed by atoms with Gasteiger partial charge in [0.15, 0.2) is 0 Å². The molecule has 2 aromatic heterocycles. The van der Waals surface area contributed by atoms with E-state index in [0.29, 0.717) is 23.9 Å². The van der Waals surface area contributed by atoms with Gasteiger partial charge in [0, 0.05) is 23.5 Å². The number of methoxy groups -OCH3 is 1. The molecule has 8 heteroatoms. The number of rotatable bonds is 4. The molecule has 0 saturated heterocycles. The van der Waals surface area contributed by atoms with Crippen LogP contribution in [0.3, 0.4) is 0 Å². The third kappa shape index (κ3) is 3.42. The van der Waals surface area contributed by atoms with E-state index in [1.165, 1.54) is 0 Å². The maximum Gasteiger partial charge on any atom is 0.272 e. The second kappa shape index (κ2) is 7.64. The molecule has 1 amide bonds. The topological polar surface area (TPSA) is 94.8 Å². The molecule has 154 valence electrons. The molecule has 5 rings (SSSR count). The van der Waals surface area contributed by atoms with E-state index < -0.39 is 0 Å². The van der Waals surface area contributed by atoms with Gasteiger partial charge in [-0.15, -0.1) is 5.10 Å². The van der Waals surface area contributed by atoms with Gasteiger partial charge in [0.1, 0.15) is 11.6 Å². The number of ether oxygens (including phenoxy) is 1. The Bertz CT molecular complexity index is 1270. The Morgan fingerprint density at radius 1 is 1.13 bits per heavy atom. The van der Waals surface area contributed by atoms with Crippen molar-refractivity contribution in [3.05, 3.63) is 77.6 Å². The molecule has 0 aliphatic carbocycles. The summed E-state index contributed by atoms with van der Waals surface area (Å²) >= 11 is 0. The zero-order valence-electron chi connectivity index (χ0n) is 17.1. The molecule has 1 aliphatic rings. The molecule has 1 aliphatic heterocycles. The van der Waals surface area contributed by atoms with Gasteiger partial charge in [-0.25, -0.2) is 4.98 Å². The summed E-state index contributed by atoms with van der Waals surface area (Å²) in [7, 11) is 1.62. The summed E-state index contributed by atoms with van der Waals surface area (Å²) < 4.78 is 6.87. The zero-order chi connectivity index (χ0) is 21.4. The number of hydrogen-bond acceptors (Lipinski definition) is 6. The van der Waals surface area contributed by atoms with Crippen LogP contribution in [0.1, 0.15) is 29.2 Å². The SMILES string of the molecule is COc1cccc(-c2cnnc(-n3nc(C)c4c3NC(=O)CC4c3ccccc3)n2)c1. The van der Waals surface area contributed by atoms with E-state index in [9.17, 15) is 4.79 Å². The summed E-state index contributed by atoms with van der Waals surface area (Å²) in [4.78, 5) is 17.2. The average Bonchev–Trinajstić information content (AvgIpc) is 3.15. The third-order valence-electron chi connectivity index (χ3n) is 5.41. The lowest BCUT2D eigenvalue weighted by Crippen LogP contribution is -2.25. The van der Waals surface area contributed by atoms with E-state index in [-0.39, 0.29) is 11.8 Å². The van der Waals surface area contributed by atoms with Crippen LogP contribution in [0.15, 0.2) is 60.8 Å². The van der Waals surface area contributed by atoms with Crippen molar-refractivity contribution in [2.24, 2.45) is 0 Å². The minimum atomic E-state index is -0.0757. The van der Waals surface area contributed by atoms with Gasteiger partial charge >= 0.3 is 0 Å². The lowest BCUT2D eigenvalue weighted by atomic mass is 9.86. The van der Waals surface area contributed by atoms with Gasteiger partial charge < -0.3 is 10.1 Å². The number of carbonyl (C=O) groups is 1. The second-order valence-corrected chi connectivity index (χ2v) is 7.35. The largest absolute Gasteiger partial charge is 0.497 e. The van der Waals surface area contributed by atoms with Crippen LogP contribution in [0.5, 0.6) is 5.75 Å². The molecule has 0 saturated carbocycles. The molecule has 0 fully saturated rings. The highest BCUT2D eigenvalue weighted by atomic mass is 16.5. The number of aryl methyl sites for hydroxylation is 1. The summed E-state index contributed by atoms with van der Waals surface area (Å²) in [6.45, 7) is 1.93. The van der Waals surface area contributed by atoms with Crippen LogP contribution in [0, 0.1) is 6.92 Å². The third-order valence-corrected chi connectivity index (χ3v) is 5.41. The number of amides is 1. The van der Waals surface area contributed by atoms with E-state index in [1.54, 1.807) is 18.0 Å². The van der Waals surface area contributed by atoms with Gasteiger partial charge in [-0.3, -0.25) is 4.79 Å². The summed E-state index contributed by atoms with van der Waals surface area (Å²) in [5, 5.41) is 15.9. The lowest BCUT2D eigenvalue weighted by Gasteiger charge is -2.24. The first kappa shape index (κ1) is 18.9. The molecule has 1 N–H and O–H groups in total. The number of fused-ring (bicyclic) bond motifs is 1. The molecule has 2 aromatic carbocycles. The van der Waals surface area contributed by atoms with Crippen LogP contribution >= 0.6 is 0 Å². The predicted octanol–water partition coefficient (Wildman–Crippen LogP) is 3.52. The fourth-order valence-electron chi connectivity index (χ4n) is 3.97. The first-order valence-electron chi connectivity index (χ1n) is 9.93. The maximum absolute atomic E-state index is 12.5. The van der Waals surface area contributed by atoms with Crippen LogP contribution in [0.2, 0.25) is 0 Å². The summed E-state index contributed by atoms with van der Waals surface area (Å²) in [6.07, 6.45) is 1.96.